The number of aromatic nitrogens is 1. The Bertz CT molecular complexity index is 422. The van der Waals surface area contributed by atoms with E-state index in [4.69, 9.17) is 23.2 Å². The first-order valence-electron chi connectivity index (χ1n) is 3.92. The van der Waals surface area contributed by atoms with Crippen molar-refractivity contribution in [3.05, 3.63) is 36.3 Å². The molecule has 0 radical (unpaired) electrons. The van der Waals surface area contributed by atoms with Crippen molar-refractivity contribution in [1.29, 1.82) is 0 Å². The van der Waals surface area contributed by atoms with Crippen molar-refractivity contribution in [2.75, 3.05) is 5.32 Å². The Balaban J connectivity index is 0.00000112. The number of fused-ring (bicyclic) bond motifs is 1. The van der Waals surface area contributed by atoms with Crippen LogP contribution < -0.4 is 5.32 Å². The van der Waals surface area contributed by atoms with Crippen LogP contribution in [0.2, 0.25) is 0 Å². The number of anilines is 1. The van der Waals surface area contributed by atoms with Crippen molar-refractivity contribution in [2.24, 2.45) is 0 Å². The molecular weight excluding hydrogens is 258 g/mol. The number of hydrogen-bond acceptors (Lipinski definition) is 3. The molecule has 15 heavy (non-hydrogen) atoms. The molecule has 0 spiro atoms. The maximum absolute atomic E-state index is 11.2. The van der Waals surface area contributed by atoms with Gasteiger partial charge < -0.3 is 5.32 Å². The highest BCUT2D eigenvalue weighted by Gasteiger charge is 2.38. The largest absolute Gasteiger partial charge is 0.362 e. The summed E-state index contributed by atoms with van der Waals surface area (Å²) in [5.74, 6) is 0. The minimum Gasteiger partial charge on any atom is -0.362 e. The highest BCUT2D eigenvalue weighted by molar-refractivity contribution is 6.71. The predicted octanol–water partition coefficient (Wildman–Crippen LogP) is 2.64. The molecule has 1 aliphatic heterocycles. The van der Waals surface area contributed by atoms with Crippen LogP contribution in [0, 0.1) is 0 Å². The molecular formula is C9H7Cl3N2O. The van der Waals surface area contributed by atoms with Crippen LogP contribution in [0.25, 0.3) is 0 Å². The molecule has 0 aliphatic carbocycles. The summed E-state index contributed by atoms with van der Waals surface area (Å²) >= 11 is 11.5. The third-order valence-electron chi connectivity index (χ3n) is 2.05. The maximum atomic E-state index is 11.2. The molecule has 1 aliphatic rings. The molecule has 1 aromatic rings. The molecule has 2 rings (SSSR count). The molecule has 6 heteroatoms. The maximum Gasteiger partial charge on any atom is 0.251 e. The van der Waals surface area contributed by atoms with E-state index in [1.807, 2.05) is 0 Å². The summed E-state index contributed by atoms with van der Waals surface area (Å²) in [7, 11) is 0. The smallest absolute Gasteiger partial charge is 0.251 e. The van der Waals surface area contributed by atoms with E-state index < -0.39 is 10.1 Å². The second kappa shape index (κ2) is 4.39. The van der Waals surface area contributed by atoms with Crippen molar-refractivity contribution < 1.29 is 4.79 Å². The van der Waals surface area contributed by atoms with Gasteiger partial charge in [-0.15, -0.1) is 12.4 Å². The molecule has 0 aromatic carbocycles. The van der Waals surface area contributed by atoms with Crippen LogP contribution in [0.1, 0.15) is 5.56 Å². The fourth-order valence-corrected chi connectivity index (χ4v) is 1.70. The van der Waals surface area contributed by atoms with E-state index in [0.29, 0.717) is 5.56 Å². The van der Waals surface area contributed by atoms with Gasteiger partial charge in [0.25, 0.3) is 5.24 Å². The molecule has 0 bridgehead atoms. The Kier molecular flexibility index (Phi) is 3.60. The molecule has 1 atom stereocenters. The van der Waals surface area contributed by atoms with E-state index in [0.717, 1.165) is 5.69 Å². The number of halogens is 3. The van der Waals surface area contributed by atoms with Gasteiger partial charge in [-0.1, -0.05) is 11.6 Å². The van der Waals surface area contributed by atoms with Gasteiger partial charge in [0, 0.05) is 23.6 Å². The van der Waals surface area contributed by atoms with E-state index >= 15 is 0 Å². The lowest BCUT2D eigenvalue weighted by atomic mass is 9.97. The third-order valence-corrected chi connectivity index (χ3v) is 2.95. The second-order valence-electron chi connectivity index (χ2n) is 2.88. The van der Waals surface area contributed by atoms with Crippen LogP contribution in [0.15, 0.2) is 30.7 Å². The van der Waals surface area contributed by atoms with Gasteiger partial charge in [-0.3, -0.25) is 9.78 Å². The topological polar surface area (TPSA) is 42.0 Å². The number of alkyl halides is 1. The quantitative estimate of drug-likeness (QED) is 0.627. The van der Waals surface area contributed by atoms with E-state index in [1.54, 1.807) is 18.5 Å². The van der Waals surface area contributed by atoms with Gasteiger partial charge in [-0.05, 0) is 29.9 Å². The van der Waals surface area contributed by atoms with Crippen LogP contribution in [-0.2, 0) is 9.67 Å². The molecule has 0 saturated heterocycles. The summed E-state index contributed by atoms with van der Waals surface area (Å²) < 4.78 is 0. The Labute approximate surface area is 103 Å². The fraction of sp³-hybridized carbons (Fsp3) is 0.111. The van der Waals surface area contributed by atoms with Gasteiger partial charge in [0.1, 0.15) is 0 Å². The van der Waals surface area contributed by atoms with E-state index in [2.05, 4.69) is 10.3 Å². The number of hydrogen-bond donors (Lipinski definition) is 1. The summed E-state index contributed by atoms with van der Waals surface area (Å²) in [5.41, 5.74) is 1.32. The number of nitrogens with zero attached hydrogens (tertiary/aromatic N) is 1. The Morgan fingerprint density at radius 3 is 2.93 bits per heavy atom. The molecule has 3 nitrogen and oxygen atoms in total. The molecule has 0 fully saturated rings. The Morgan fingerprint density at radius 1 is 1.53 bits per heavy atom. The highest BCUT2D eigenvalue weighted by Crippen LogP contribution is 2.39. The van der Waals surface area contributed by atoms with Crippen molar-refractivity contribution in [3.63, 3.8) is 0 Å². The summed E-state index contributed by atoms with van der Waals surface area (Å²) in [6.45, 7) is 0. The third kappa shape index (κ3) is 1.95. The van der Waals surface area contributed by atoms with E-state index in [-0.39, 0.29) is 12.4 Å². The molecule has 2 heterocycles. The van der Waals surface area contributed by atoms with Gasteiger partial charge in [-0.2, -0.15) is 0 Å². The standard InChI is InChI=1S/C9H6Cl2N2O.ClH/c10-8(14)9(11)2-4-13-7-1-3-12-5-6(7)9;/h1-5,13H;1H. The zero-order chi connectivity index (χ0) is 10.2. The zero-order valence-electron chi connectivity index (χ0n) is 7.41. The van der Waals surface area contributed by atoms with Crippen molar-refractivity contribution in [3.8, 4) is 0 Å². The number of carbonyl (C=O) groups is 1. The van der Waals surface area contributed by atoms with E-state index in [1.165, 1.54) is 12.3 Å². The van der Waals surface area contributed by atoms with Crippen molar-refractivity contribution in [2.45, 2.75) is 4.87 Å². The number of pyridine rings is 1. The molecule has 1 N–H and O–H groups in total. The average Bonchev–Trinajstić information content (AvgIpc) is 2.18. The number of allylic oxidation sites excluding steroid dienone is 1. The number of nitrogens with one attached hydrogen (secondary N) is 1. The van der Waals surface area contributed by atoms with Gasteiger partial charge in [-0.25, -0.2) is 0 Å². The number of carbonyl (C=O) groups excluding carboxylic acids is 1. The van der Waals surface area contributed by atoms with Gasteiger partial charge >= 0.3 is 0 Å². The summed E-state index contributed by atoms with van der Waals surface area (Å²) in [5, 5.41) is 2.32. The lowest BCUT2D eigenvalue weighted by Gasteiger charge is -2.25. The SMILES string of the molecule is Cl.O=C(Cl)C1(Cl)C=CNc2ccncc21. The summed E-state index contributed by atoms with van der Waals surface area (Å²) in [6.07, 6.45) is 6.24. The highest BCUT2D eigenvalue weighted by atomic mass is 35.5. The lowest BCUT2D eigenvalue weighted by Crippen LogP contribution is -2.27. The summed E-state index contributed by atoms with van der Waals surface area (Å²) in [4.78, 5) is 13.8. The fourth-order valence-electron chi connectivity index (χ4n) is 1.32. The number of rotatable bonds is 1. The molecule has 0 saturated carbocycles. The minimum atomic E-state index is -1.30. The Hall–Kier alpha value is -0.770. The first kappa shape index (κ1) is 12.3. The van der Waals surface area contributed by atoms with Crippen molar-refractivity contribution >= 4 is 46.5 Å². The Morgan fingerprint density at radius 2 is 2.27 bits per heavy atom. The first-order valence-corrected chi connectivity index (χ1v) is 4.68. The van der Waals surface area contributed by atoms with Crippen LogP contribution in [0.5, 0.6) is 0 Å². The average molecular weight is 266 g/mol. The van der Waals surface area contributed by atoms with Crippen LogP contribution >= 0.6 is 35.6 Å². The van der Waals surface area contributed by atoms with Gasteiger partial charge in [0.05, 0.1) is 0 Å². The molecule has 80 valence electrons. The molecule has 0 amide bonds. The van der Waals surface area contributed by atoms with Crippen molar-refractivity contribution in [1.82, 2.24) is 4.98 Å². The van der Waals surface area contributed by atoms with Crippen LogP contribution in [-0.4, -0.2) is 10.2 Å². The minimum absolute atomic E-state index is 0. The monoisotopic (exact) mass is 264 g/mol. The van der Waals surface area contributed by atoms with Crippen LogP contribution in [0.4, 0.5) is 5.69 Å². The van der Waals surface area contributed by atoms with Crippen LogP contribution in [0.3, 0.4) is 0 Å². The lowest BCUT2D eigenvalue weighted by molar-refractivity contribution is -0.113. The molecule has 1 aromatic heterocycles. The first-order chi connectivity index (χ1) is 6.64. The predicted molar refractivity (Wildman–Crippen MR) is 62.6 cm³/mol. The van der Waals surface area contributed by atoms with E-state index in [9.17, 15) is 4.79 Å². The second-order valence-corrected chi connectivity index (χ2v) is 3.82. The van der Waals surface area contributed by atoms with Gasteiger partial charge in [0.15, 0.2) is 4.87 Å². The molecule has 1 unspecified atom stereocenters. The van der Waals surface area contributed by atoms with Gasteiger partial charge in [0.2, 0.25) is 0 Å². The summed E-state index contributed by atoms with van der Waals surface area (Å²) in [6, 6.07) is 1.73. The normalized spacial score (nSPS) is 22.3. The zero-order valence-corrected chi connectivity index (χ0v) is 9.73.